The summed E-state index contributed by atoms with van der Waals surface area (Å²) in [4.78, 5) is 0. The second kappa shape index (κ2) is 6.21. The van der Waals surface area contributed by atoms with Gasteiger partial charge in [0.25, 0.3) is 0 Å². The summed E-state index contributed by atoms with van der Waals surface area (Å²) in [6.45, 7) is 8.72. The molecule has 64 valence electrons. The van der Waals surface area contributed by atoms with Crippen LogP contribution in [-0.4, -0.2) is 0 Å². The van der Waals surface area contributed by atoms with Crippen molar-refractivity contribution in [3.8, 4) is 0 Å². The molecule has 0 radical (unpaired) electrons. The quantitative estimate of drug-likeness (QED) is 0.535. The average molecular weight is 152 g/mol. The van der Waals surface area contributed by atoms with Gasteiger partial charge < -0.3 is 0 Å². The van der Waals surface area contributed by atoms with Crippen LogP contribution in [0.1, 0.15) is 40.5 Å². The molecule has 1 unspecified atom stereocenters. The van der Waals surface area contributed by atoms with Crippen LogP contribution in [0.25, 0.3) is 0 Å². The van der Waals surface area contributed by atoms with Gasteiger partial charge in [0, 0.05) is 0 Å². The van der Waals surface area contributed by atoms with Gasteiger partial charge in [-0.3, -0.25) is 0 Å². The fourth-order valence-electron chi connectivity index (χ4n) is 1.29. The third-order valence-corrected chi connectivity index (χ3v) is 1.69. The van der Waals surface area contributed by atoms with E-state index in [-0.39, 0.29) is 0 Å². The van der Waals surface area contributed by atoms with Crippen molar-refractivity contribution in [2.24, 2.45) is 5.92 Å². The van der Waals surface area contributed by atoms with Gasteiger partial charge in [0.15, 0.2) is 0 Å². The Morgan fingerprint density at radius 3 is 2.55 bits per heavy atom. The molecular weight excluding hydrogens is 132 g/mol. The van der Waals surface area contributed by atoms with E-state index in [9.17, 15) is 0 Å². The Hall–Kier alpha value is -0.520. The highest BCUT2D eigenvalue weighted by molar-refractivity contribution is 5.05. The van der Waals surface area contributed by atoms with Gasteiger partial charge in [-0.15, -0.1) is 0 Å². The summed E-state index contributed by atoms with van der Waals surface area (Å²) >= 11 is 0. The van der Waals surface area contributed by atoms with Crippen molar-refractivity contribution < 1.29 is 0 Å². The molecule has 0 nitrogen and oxygen atoms in total. The van der Waals surface area contributed by atoms with Crippen molar-refractivity contribution in [2.75, 3.05) is 0 Å². The highest BCUT2D eigenvalue weighted by atomic mass is 14.0. The summed E-state index contributed by atoms with van der Waals surface area (Å²) in [5.41, 5.74) is 1.51. The van der Waals surface area contributed by atoms with Crippen LogP contribution in [0.15, 0.2) is 23.8 Å². The van der Waals surface area contributed by atoms with Gasteiger partial charge in [-0.1, -0.05) is 44.1 Å². The van der Waals surface area contributed by atoms with Crippen molar-refractivity contribution in [2.45, 2.75) is 40.5 Å². The Morgan fingerprint density at radius 1 is 1.45 bits per heavy atom. The number of hydrogen-bond donors (Lipinski definition) is 0. The summed E-state index contributed by atoms with van der Waals surface area (Å²) in [5.74, 6) is 0.603. The normalized spacial score (nSPS) is 15.8. The van der Waals surface area contributed by atoms with E-state index in [4.69, 9.17) is 0 Å². The maximum absolute atomic E-state index is 2.34. The topological polar surface area (TPSA) is 0 Å². The molecule has 0 amide bonds. The van der Waals surface area contributed by atoms with Crippen molar-refractivity contribution in [3.05, 3.63) is 23.8 Å². The SMILES string of the molecule is CC=CC(C)C=C(C)CCC. The molecule has 0 saturated carbocycles. The highest BCUT2D eigenvalue weighted by Gasteiger charge is 1.91. The molecule has 0 fully saturated rings. The molecule has 0 heteroatoms. The summed E-state index contributed by atoms with van der Waals surface area (Å²) in [5, 5.41) is 0. The Balaban J connectivity index is 3.85. The van der Waals surface area contributed by atoms with E-state index in [1.807, 2.05) is 0 Å². The van der Waals surface area contributed by atoms with Gasteiger partial charge in [-0.05, 0) is 26.2 Å². The Morgan fingerprint density at radius 2 is 2.09 bits per heavy atom. The van der Waals surface area contributed by atoms with Gasteiger partial charge in [-0.25, -0.2) is 0 Å². The molecule has 0 aliphatic carbocycles. The lowest BCUT2D eigenvalue weighted by Crippen LogP contribution is -1.85. The zero-order chi connectivity index (χ0) is 8.69. The van der Waals surface area contributed by atoms with Crippen molar-refractivity contribution in [1.82, 2.24) is 0 Å². The second-order valence-corrected chi connectivity index (χ2v) is 3.15. The van der Waals surface area contributed by atoms with Crippen LogP contribution < -0.4 is 0 Å². The summed E-state index contributed by atoms with van der Waals surface area (Å²) in [7, 11) is 0. The van der Waals surface area contributed by atoms with Crippen LogP contribution in [0.3, 0.4) is 0 Å². The number of hydrogen-bond acceptors (Lipinski definition) is 0. The maximum Gasteiger partial charge on any atom is -0.00794 e. The van der Waals surface area contributed by atoms with Gasteiger partial charge in [-0.2, -0.15) is 0 Å². The predicted molar refractivity (Wildman–Crippen MR) is 52.6 cm³/mol. The van der Waals surface area contributed by atoms with E-state index in [0.29, 0.717) is 5.92 Å². The van der Waals surface area contributed by atoms with Crippen LogP contribution in [0.4, 0.5) is 0 Å². The molecule has 1 atom stereocenters. The zero-order valence-electron chi connectivity index (χ0n) is 8.22. The molecule has 0 aromatic heterocycles. The fraction of sp³-hybridized carbons (Fsp3) is 0.636. The fourth-order valence-corrected chi connectivity index (χ4v) is 1.29. The maximum atomic E-state index is 2.34. The van der Waals surface area contributed by atoms with Crippen LogP contribution in [0.5, 0.6) is 0 Å². The molecule has 0 N–H and O–H groups in total. The van der Waals surface area contributed by atoms with Crippen LogP contribution in [-0.2, 0) is 0 Å². The minimum Gasteiger partial charge on any atom is -0.0911 e. The number of allylic oxidation sites excluding steroid dienone is 4. The van der Waals surface area contributed by atoms with Crippen LogP contribution in [0.2, 0.25) is 0 Å². The first-order chi connectivity index (χ1) is 5.20. The molecule has 11 heavy (non-hydrogen) atoms. The summed E-state index contributed by atoms with van der Waals surface area (Å²) in [6, 6.07) is 0. The predicted octanol–water partition coefficient (Wildman–Crippen LogP) is 3.95. The molecular formula is C11H20. The summed E-state index contributed by atoms with van der Waals surface area (Å²) in [6.07, 6.45) is 9.16. The number of rotatable bonds is 4. The van der Waals surface area contributed by atoms with Gasteiger partial charge >= 0.3 is 0 Å². The van der Waals surface area contributed by atoms with E-state index in [2.05, 4.69) is 45.9 Å². The first-order valence-electron chi connectivity index (χ1n) is 4.50. The largest absolute Gasteiger partial charge is 0.0911 e. The summed E-state index contributed by atoms with van der Waals surface area (Å²) < 4.78 is 0. The van der Waals surface area contributed by atoms with Crippen molar-refractivity contribution in [1.29, 1.82) is 0 Å². The minimum absolute atomic E-state index is 0.603. The van der Waals surface area contributed by atoms with Crippen LogP contribution >= 0.6 is 0 Å². The second-order valence-electron chi connectivity index (χ2n) is 3.15. The third kappa shape index (κ3) is 5.90. The van der Waals surface area contributed by atoms with Gasteiger partial charge in [0.2, 0.25) is 0 Å². The molecule has 0 heterocycles. The Bertz CT molecular complexity index is 140. The van der Waals surface area contributed by atoms with E-state index >= 15 is 0 Å². The van der Waals surface area contributed by atoms with Gasteiger partial charge in [0.05, 0.1) is 0 Å². The third-order valence-electron chi connectivity index (χ3n) is 1.69. The van der Waals surface area contributed by atoms with E-state index < -0.39 is 0 Å². The highest BCUT2D eigenvalue weighted by Crippen LogP contribution is 2.08. The molecule has 0 spiro atoms. The van der Waals surface area contributed by atoms with E-state index in [1.165, 1.54) is 18.4 Å². The molecule has 0 aromatic rings. The minimum atomic E-state index is 0.603. The Labute approximate surface area is 71.0 Å². The van der Waals surface area contributed by atoms with Crippen molar-refractivity contribution in [3.63, 3.8) is 0 Å². The van der Waals surface area contributed by atoms with E-state index in [0.717, 1.165) is 0 Å². The molecule has 0 aliphatic heterocycles. The lowest BCUT2D eigenvalue weighted by molar-refractivity contribution is 0.858. The van der Waals surface area contributed by atoms with Gasteiger partial charge in [0.1, 0.15) is 0 Å². The molecule has 0 saturated heterocycles. The smallest absolute Gasteiger partial charge is 0.00794 e. The van der Waals surface area contributed by atoms with Crippen molar-refractivity contribution >= 4 is 0 Å². The van der Waals surface area contributed by atoms with Crippen LogP contribution in [0, 0.1) is 5.92 Å². The Kier molecular flexibility index (Phi) is 5.91. The molecule has 0 bridgehead atoms. The van der Waals surface area contributed by atoms with E-state index in [1.54, 1.807) is 0 Å². The lowest BCUT2D eigenvalue weighted by Gasteiger charge is -2.01. The molecule has 0 aliphatic rings. The average Bonchev–Trinajstić information content (AvgIpc) is 1.87. The standard InChI is InChI=1S/C11H20/c1-5-7-10(3)9-11(4)8-6-2/h5,7,9-10H,6,8H2,1-4H3. The first kappa shape index (κ1) is 10.5. The monoisotopic (exact) mass is 152 g/mol. The molecule has 0 rings (SSSR count). The zero-order valence-corrected chi connectivity index (χ0v) is 8.22. The first-order valence-corrected chi connectivity index (χ1v) is 4.50. The molecule has 0 aromatic carbocycles. The lowest BCUT2D eigenvalue weighted by atomic mass is 10.1.